The number of nitrogens with zero attached hydrogens (tertiary/aromatic N) is 2. The largest absolute Gasteiger partial charge is 0.495 e. The van der Waals surface area contributed by atoms with E-state index in [1.165, 1.54) is 6.08 Å². The van der Waals surface area contributed by atoms with Crippen molar-refractivity contribution in [2.24, 2.45) is 0 Å². The van der Waals surface area contributed by atoms with Crippen LogP contribution >= 0.6 is 31.9 Å². The summed E-state index contributed by atoms with van der Waals surface area (Å²) >= 11 is 6.89. The fourth-order valence-corrected chi connectivity index (χ4v) is 4.31. The summed E-state index contributed by atoms with van der Waals surface area (Å²) in [6.07, 6.45) is 4.81. The number of pyridine rings is 1. The van der Waals surface area contributed by atoms with Gasteiger partial charge in [-0.2, -0.15) is 4.98 Å². The molecule has 2 heterocycles. The number of oxazole rings is 1. The number of rotatable bonds is 5. The minimum atomic E-state index is -0.274. The highest BCUT2D eigenvalue weighted by atomic mass is 79.9. The van der Waals surface area contributed by atoms with E-state index < -0.39 is 0 Å². The first kappa shape index (κ1) is 20.3. The number of benzene rings is 2. The molecule has 0 atom stereocenters. The number of nitrogens with one attached hydrogen (secondary N) is 1. The number of aromatic nitrogens is 2. The molecule has 0 bridgehead atoms. The van der Waals surface area contributed by atoms with E-state index in [-0.39, 0.29) is 5.91 Å². The molecule has 0 fully saturated rings. The SMILES string of the molecule is COc1c(Br)cc(Br)cc1/C=C/C(=O)Nc1cccc(-c2nc3ncccc3o2)c1. The van der Waals surface area contributed by atoms with Gasteiger partial charge in [0, 0.05) is 33.6 Å². The Labute approximate surface area is 189 Å². The van der Waals surface area contributed by atoms with Crippen LogP contribution in [0.2, 0.25) is 0 Å². The van der Waals surface area contributed by atoms with E-state index in [0.717, 1.165) is 20.1 Å². The lowest BCUT2D eigenvalue weighted by atomic mass is 10.1. The number of anilines is 1. The van der Waals surface area contributed by atoms with Gasteiger partial charge < -0.3 is 14.5 Å². The van der Waals surface area contributed by atoms with E-state index in [1.54, 1.807) is 37.6 Å². The summed E-state index contributed by atoms with van der Waals surface area (Å²) in [7, 11) is 1.58. The number of methoxy groups -OCH3 is 1. The average Bonchev–Trinajstić information content (AvgIpc) is 3.16. The predicted molar refractivity (Wildman–Crippen MR) is 123 cm³/mol. The number of hydrogen-bond donors (Lipinski definition) is 1. The number of carbonyl (C=O) groups excluding carboxylic acids is 1. The Morgan fingerprint density at radius 1 is 1.17 bits per heavy atom. The number of carbonyl (C=O) groups is 1. The molecule has 1 N–H and O–H groups in total. The van der Waals surface area contributed by atoms with Gasteiger partial charge in [-0.15, -0.1) is 0 Å². The van der Waals surface area contributed by atoms with Crippen molar-refractivity contribution in [1.82, 2.24) is 9.97 Å². The minimum Gasteiger partial charge on any atom is -0.495 e. The second-order valence-corrected chi connectivity index (χ2v) is 8.03. The molecule has 0 spiro atoms. The quantitative estimate of drug-likeness (QED) is 0.318. The van der Waals surface area contributed by atoms with Crippen LogP contribution in [0, 0.1) is 0 Å². The summed E-state index contributed by atoms with van der Waals surface area (Å²) in [5, 5.41) is 2.85. The van der Waals surface area contributed by atoms with E-state index in [4.69, 9.17) is 9.15 Å². The molecule has 2 aromatic heterocycles. The van der Waals surface area contributed by atoms with E-state index in [2.05, 4.69) is 47.1 Å². The van der Waals surface area contributed by atoms with E-state index >= 15 is 0 Å². The molecule has 8 heteroatoms. The normalized spacial score (nSPS) is 11.2. The summed E-state index contributed by atoms with van der Waals surface area (Å²) in [4.78, 5) is 21.0. The van der Waals surface area contributed by atoms with Crippen LogP contribution < -0.4 is 10.1 Å². The molecule has 0 saturated heterocycles. The zero-order valence-corrected chi connectivity index (χ0v) is 18.9. The lowest BCUT2D eigenvalue weighted by Gasteiger charge is -2.08. The molecule has 0 aliphatic carbocycles. The van der Waals surface area contributed by atoms with Crippen LogP contribution in [-0.4, -0.2) is 23.0 Å². The summed E-state index contributed by atoms with van der Waals surface area (Å²) in [6, 6.07) is 14.6. The Hall–Kier alpha value is -2.97. The van der Waals surface area contributed by atoms with Crippen LogP contribution in [0.3, 0.4) is 0 Å². The molecule has 0 unspecified atom stereocenters. The van der Waals surface area contributed by atoms with Gasteiger partial charge >= 0.3 is 0 Å². The van der Waals surface area contributed by atoms with Crippen LogP contribution in [0.5, 0.6) is 5.75 Å². The summed E-state index contributed by atoms with van der Waals surface area (Å²) in [5.41, 5.74) is 3.28. The van der Waals surface area contributed by atoms with Crippen LogP contribution in [0.15, 0.2) is 74.2 Å². The molecule has 1 amide bonds. The first-order valence-corrected chi connectivity index (χ1v) is 10.5. The van der Waals surface area contributed by atoms with Gasteiger partial charge in [0.25, 0.3) is 0 Å². The van der Waals surface area contributed by atoms with Crippen molar-refractivity contribution in [3.8, 4) is 17.2 Å². The van der Waals surface area contributed by atoms with Gasteiger partial charge in [0.1, 0.15) is 5.75 Å². The summed E-state index contributed by atoms with van der Waals surface area (Å²) in [6.45, 7) is 0. The number of ether oxygens (including phenoxy) is 1. The third-order valence-electron chi connectivity index (χ3n) is 4.20. The second-order valence-electron chi connectivity index (χ2n) is 6.26. The number of fused-ring (bicyclic) bond motifs is 1. The van der Waals surface area contributed by atoms with E-state index in [0.29, 0.717) is 28.6 Å². The zero-order chi connectivity index (χ0) is 21.1. The third kappa shape index (κ3) is 4.44. The van der Waals surface area contributed by atoms with Gasteiger partial charge in [0.15, 0.2) is 11.2 Å². The van der Waals surface area contributed by atoms with Gasteiger partial charge in [-0.1, -0.05) is 22.0 Å². The van der Waals surface area contributed by atoms with Gasteiger partial charge in [0.05, 0.1) is 11.6 Å². The van der Waals surface area contributed by atoms with Crippen molar-refractivity contribution in [3.63, 3.8) is 0 Å². The highest BCUT2D eigenvalue weighted by molar-refractivity contribution is 9.11. The molecule has 0 aliphatic heterocycles. The third-order valence-corrected chi connectivity index (χ3v) is 5.24. The Kier molecular flexibility index (Phi) is 5.96. The van der Waals surface area contributed by atoms with Crippen molar-refractivity contribution >= 4 is 60.8 Å². The number of halogens is 2. The minimum absolute atomic E-state index is 0.274. The van der Waals surface area contributed by atoms with Crippen molar-refractivity contribution in [1.29, 1.82) is 0 Å². The van der Waals surface area contributed by atoms with Gasteiger partial charge in [-0.05, 0) is 64.5 Å². The summed E-state index contributed by atoms with van der Waals surface area (Å²) < 4.78 is 12.8. The molecule has 0 radical (unpaired) electrons. The molecule has 6 nitrogen and oxygen atoms in total. The number of amides is 1. The van der Waals surface area contributed by atoms with Crippen LogP contribution in [0.25, 0.3) is 28.8 Å². The molecule has 0 aliphatic rings. The van der Waals surface area contributed by atoms with Crippen molar-refractivity contribution in [3.05, 3.63) is 75.3 Å². The van der Waals surface area contributed by atoms with Crippen LogP contribution in [0.1, 0.15) is 5.56 Å². The van der Waals surface area contributed by atoms with Gasteiger partial charge in [-0.3, -0.25) is 4.79 Å². The van der Waals surface area contributed by atoms with Crippen LogP contribution in [0.4, 0.5) is 5.69 Å². The number of hydrogen-bond acceptors (Lipinski definition) is 5. The monoisotopic (exact) mass is 527 g/mol. The van der Waals surface area contributed by atoms with Crippen molar-refractivity contribution < 1.29 is 13.9 Å². The highest BCUT2D eigenvalue weighted by Crippen LogP contribution is 2.33. The van der Waals surface area contributed by atoms with E-state index in [1.807, 2.05) is 30.3 Å². The molecule has 4 rings (SSSR count). The highest BCUT2D eigenvalue weighted by Gasteiger charge is 2.10. The molecule has 2 aromatic carbocycles. The maximum atomic E-state index is 12.4. The lowest BCUT2D eigenvalue weighted by Crippen LogP contribution is -2.07. The molecular formula is C22H15Br2N3O3. The van der Waals surface area contributed by atoms with E-state index in [9.17, 15) is 4.79 Å². The molecule has 30 heavy (non-hydrogen) atoms. The zero-order valence-electron chi connectivity index (χ0n) is 15.7. The summed E-state index contributed by atoms with van der Waals surface area (Å²) in [5.74, 6) is 0.817. The Bertz CT molecular complexity index is 1230. The topological polar surface area (TPSA) is 77.2 Å². The molecular weight excluding hydrogens is 514 g/mol. The maximum Gasteiger partial charge on any atom is 0.248 e. The smallest absolute Gasteiger partial charge is 0.248 e. The van der Waals surface area contributed by atoms with Crippen molar-refractivity contribution in [2.75, 3.05) is 12.4 Å². The molecule has 150 valence electrons. The average molecular weight is 529 g/mol. The maximum absolute atomic E-state index is 12.4. The first-order valence-electron chi connectivity index (χ1n) is 8.87. The standard InChI is InChI=1S/C22H15Br2N3O3/c1-29-20-13(10-15(23)12-17(20)24)7-8-19(28)26-16-5-2-4-14(11-16)22-27-21-18(30-22)6-3-9-25-21/h2-12H,1H3,(H,26,28)/b8-7+. The van der Waals surface area contributed by atoms with Crippen molar-refractivity contribution in [2.45, 2.75) is 0 Å². The first-order chi connectivity index (χ1) is 14.5. The van der Waals surface area contributed by atoms with Gasteiger partial charge in [0.2, 0.25) is 11.8 Å². The molecule has 4 aromatic rings. The second kappa shape index (κ2) is 8.81. The predicted octanol–water partition coefficient (Wildman–Crippen LogP) is 6.08. The Morgan fingerprint density at radius 2 is 2.03 bits per heavy atom. The fourth-order valence-electron chi connectivity index (χ4n) is 2.89. The lowest BCUT2D eigenvalue weighted by molar-refractivity contribution is -0.111. The molecule has 0 saturated carbocycles. The fraction of sp³-hybridized carbons (Fsp3) is 0.0455. The van der Waals surface area contributed by atoms with Gasteiger partial charge in [-0.25, -0.2) is 4.98 Å². The Balaban J connectivity index is 1.53. The Morgan fingerprint density at radius 3 is 2.83 bits per heavy atom. The van der Waals surface area contributed by atoms with Crippen LogP contribution in [-0.2, 0) is 4.79 Å².